The van der Waals surface area contributed by atoms with E-state index in [-0.39, 0.29) is 50.5 Å². The van der Waals surface area contributed by atoms with E-state index in [1.165, 1.54) is 0 Å². The molecule has 0 saturated carbocycles. The van der Waals surface area contributed by atoms with Crippen LogP contribution in [0.5, 0.6) is 0 Å². The largest absolute Gasteiger partial charge is 0.465 e. The third-order valence-electron chi connectivity index (χ3n) is 2.24. The van der Waals surface area contributed by atoms with E-state index in [4.69, 9.17) is 31.8 Å². The highest BCUT2D eigenvalue weighted by atomic mass is 16.6. The van der Waals surface area contributed by atoms with Gasteiger partial charge in [0.2, 0.25) is 0 Å². The van der Waals surface area contributed by atoms with E-state index in [9.17, 15) is 9.59 Å². The van der Waals surface area contributed by atoms with Gasteiger partial charge >= 0.3 is 11.9 Å². The molecule has 0 spiro atoms. The van der Waals surface area contributed by atoms with E-state index in [0.717, 1.165) is 0 Å². The van der Waals surface area contributed by atoms with E-state index >= 15 is 0 Å². The zero-order valence-electron chi connectivity index (χ0n) is 15.6. The normalized spacial score (nSPS) is 10.5. The minimum Gasteiger partial charge on any atom is -0.465 e. The number of rotatable bonds is 6. The second-order valence-corrected chi connectivity index (χ2v) is 7.27. The van der Waals surface area contributed by atoms with Gasteiger partial charge in [-0.25, -0.2) is 0 Å². The topological polar surface area (TPSA) is 152 Å². The Labute approximate surface area is 151 Å². The highest BCUT2D eigenvalue weighted by molar-refractivity contribution is 5.82. The summed E-state index contributed by atoms with van der Waals surface area (Å²) >= 11 is 0. The molecule has 8 nitrogen and oxygen atoms in total. The average Bonchev–Trinajstić information content (AvgIpc) is 2.33. The van der Waals surface area contributed by atoms with Gasteiger partial charge in [0.15, 0.2) is 0 Å². The summed E-state index contributed by atoms with van der Waals surface area (Å²) in [5.41, 5.74) is 9.23. The number of nitrogens with two attached hydrogens (primary N) is 2. The number of carbonyl (C=O) groups is 2. The number of carbonyl (C=O) groups excluding carboxylic acids is 2. The fourth-order valence-corrected chi connectivity index (χ4v) is 1.10. The molecule has 0 aliphatic carbocycles. The summed E-state index contributed by atoms with van der Waals surface area (Å²) in [5, 5.41) is 13.8. The lowest BCUT2D eigenvalue weighted by molar-refractivity contribution is -0.155. The van der Waals surface area contributed by atoms with Crippen molar-refractivity contribution in [3.8, 4) is 0 Å². The van der Waals surface area contributed by atoms with Crippen molar-refractivity contribution in [2.75, 3.05) is 6.61 Å². The zero-order valence-corrected chi connectivity index (χ0v) is 15.6. The average molecular weight is 360 g/mol. The summed E-state index contributed by atoms with van der Waals surface area (Å²) in [7, 11) is 0. The van der Waals surface area contributed by atoms with Crippen LogP contribution in [0.3, 0.4) is 0 Å². The van der Waals surface area contributed by atoms with E-state index in [2.05, 4.69) is 0 Å². The first kappa shape index (κ1) is 27.7. The molecule has 0 aromatic heterocycles. The third-order valence-corrected chi connectivity index (χ3v) is 2.24. The van der Waals surface area contributed by atoms with Gasteiger partial charge < -0.3 is 20.9 Å². The van der Waals surface area contributed by atoms with Crippen molar-refractivity contribution in [2.24, 2.45) is 16.9 Å². The van der Waals surface area contributed by atoms with E-state index < -0.39 is 11.0 Å². The van der Waals surface area contributed by atoms with E-state index in [1.807, 2.05) is 0 Å². The molecule has 0 atom stereocenters. The Balaban J connectivity index is -0.000000372. The molecule has 6 N–H and O–H groups in total. The first-order valence-electron chi connectivity index (χ1n) is 7.70. The summed E-state index contributed by atoms with van der Waals surface area (Å²) < 4.78 is 9.85. The van der Waals surface area contributed by atoms with Crippen LogP contribution in [0.25, 0.3) is 0 Å². The number of esters is 2. The van der Waals surface area contributed by atoms with Crippen LogP contribution in [0.1, 0.15) is 68.2 Å². The fraction of sp³-hybridized carbons (Fsp3) is 0.765. The van der Waals surface area contributed by atoms with Crippen LogP contribution in [0.4, 0.5) is 0 Å². The van der Waals surface area contributed by atoms with Crippen LogP contribution in [-0.2, 0) is 19.1 Å². The van der Waals surface area contributed by atoms with Gasteiger partial charge in [-0.05, 0) is 41.5 Å². The standard InChI is InChI=1S/2C8H16N2O2.CH4/c1-8(2,3)7(11)12-5-4-6(9)10;1-8(2,3)12-7(11)5-4-6(9)10;/h2*4-5H2,1-3H3,(H3,9,10);1H4. The van der Waals surface area contributed by atoms with Crippen LogP contribution in [0.15, 0.2) is 0 Å². The van der Waals surface area contributed by atoms with Crippen LogP contribution in [0.2, 0.25) is 0 Å². The second-order valence-electron chi connectivity index (χ2n) is 7.27. The summed E-state index contributed by atoms with van der Waals surface area (Å²) in [4.78, 5) is 22.1. The molecule has 0 amide bonds. The number of amidine groups is 2. The highest BCUT2D eigenvalue weighted by Gasteiger charge is 2.22. The molecule has 0 radical (unpaired) electrons. The van der Waals surface area contributed by atoms with Gasteiger partial charge in [-0.1, -0.05) is 7.43 Å². The van der Waals surface area contributed by atoms with Crippen molar-refractivity contribution < 1.29 is 19.1 Å². The smallest absolute Gasteiger partial charge is 0.311 e. The molecule has 0 fully saturated rings. The first-order valence-corrected chi connectivity index (χ1v) is 7.70. The van der Waals surface area contributed by atoms with Gasteiger partial charge in [-0.2, -0.15) is 0 Å². The maximum atomic E-state index is 11.1. The lowest BCUT2D eigenvalue weighted by atomic mass is 9.97. The molecule has 0 aliphatic rings. The molecule has 0 rings (SSSR count). The molecular weight excluding hydrogens is 324 g/mol. The van der Waals surface area contributed by atoms with Crippen LogP contribution in [0, 0.1) is 16.2 Å². The molecule has 8 heteroatoms. The third kappa shape index (κ3) is 21.9. The predicted molar refractivity (Wildman–Crippen MR) is 101 cm³/mol. The summed E-state index contributed by atoms with van der Waals surface area (Å²) in [6, 6.07) is 0. The van der Waals surface area contributed by atoms with Gasteiger partial charge in [0.25, 0.3) is 0 Å². The van der Waals surface area contributed by atoms with Crippen molar-refractivity contribution in [2.45, 2.75) is 73.8 Å². The molecule has 148 valence electrons. The fourth-order valence-electron chi connectivity index (χ4n) is 1.10. The minimum atomic E-state index is -0.475. The monoisotopic (exact) mass is 360 g/mol. The van der Waals surface area contributed by atoms with E-state index in [1.54, 1.807) is 41.5 Å². The molecule has 0 unspecified atom stereocenters. The summed E-state index contributed by atoms with van der Waals surface area (Å²) in [6.45, 7) is 11.0. The number of hydrogen-bond donors (Lipinski definition) is 4. The molecule has 0 aromatic carbocycles. The SMILES string of the molecule is C.CC(C)(C)C(=O)OCCC(=N)N.CC(C)(C)OC(=O)CCC(=N)N. The molecule has 0 saturated heterocycles. The highest BCUT2D eigenvalue weighted by Crippen LogP contribution is 2.14. The van der Waals surface area contributed by atoms with Crippen molar-refractivity contribution in [3.63, 3.8) is 0 Å². The molecule has 0 heterocycles. The maximum absolute atomic E-state index is 11.1. The Hall–Kier alpha value is -2.12. The second kappa shape index (κ2) is 12.3. The summed E-state index contributed by atoms with van der Waals surface area (Å²) in [6.07, 6.45) is 0.767. The van der Waals surface area contributed by atoms with Crippen molar-refractivity contribution >= 4 is 23.6 Å². The van der Waals surface area contributed by atoms with Crippen LogP contribution < -0.4 is 11.5 Å². The Morgan fingerprint density at radius 1 is 0.880 bits per heavy atom. The Morgan fingerprint density at radius 3 is 1.64 bits per heavy atom. The van der Waals surface area contributed by atoms with Crippen molar-refractivity contribution in [1.29, 1.82) is 10.8 Å². The first-order chi connectivity index (χ1) is 10.6. The molecule has 0 aromatic rings. The minimum absolute atomic E-state index is 0. The van der Waals surface area contributed by atoms with E-state index in [0.29, 0.717) is 6.42 Å². The Bertz CT molecular complexity index is 449. The quantitative estimate of drug-likeness (QED) is 0.324. The predicted octanol–water partition coefficient (Wildman–Crippen LogP) is 2.58. The maximum Gasteiger partial charge on any atom is 0.311 e. The lowest BCUT2D eigenvalue weighted by Gasteiger charge is -2.19. The number of ether oxygens (including phenoxy) is 2. The van der Waals surface area contributed by atoms with Crippen LogP contribution in [-0.4, -0.2) is 35.8 Å². The Morgan fingerprint density at radius 2 is 1.32 bits per heavy atom. The summed E-state index contributed by atoms with van der Waals surface area (Å²) in [5.74, 6) is -0.515. The van der Waals surface area contributed by atoms with Crippen molar-refractivity contribution in [3.05, 3.63) is 0 Å². The number of hydrogen-bond acceptors (Lipinski definition) is 6. The van der Waals surface area contributed by atoms with Gasteiger partial charge in [0.1, 0.15) is 5.60 Å². The van der Waals surface area contributed by atoms with Gasteiger partial charge in [0.05, 0.1) is 30.1 Å². The lowest BCUT2D eigenvalue weighted by Crippen LogP contribution is -2.24. The zero-order chi connectivity index (χ0) is 19.6. The van der Waals surface area contributed by atoms with Crippen LogP contribution >= 0.6 is 0 Å². The van der Waals surface area contributed by atoms with Gasteiger partial charge in [-0.3, -0.25) is 20.4 Å². The molecule has 0 aliphatic heterocycles. The van der Waals surface area contributed by atoms with Gasteiger partial charge in [0, 0.05) is 12.8 Å². The number of nitrogens with one attached hydrogen (secondary N) is 2. The molecule has 0 bridgehead atoms. The van der Waals surface area contributed by atoms with Crippen molar-refractivity contribution in [1.82, 2.24) is 0 Å². The molecular formula is C17H36N4O4. The Kier molecular flexibility index (Phi) is 13.6. The molecule has 25 heavy (non-hydrogen) atoms. The van der Waals surface area contributed by atoms with Gasteiger partial charge in [-0.15, -0.1) is 0 Å².